The fourth-order valence-electron chi connectivity index (χ4n) is 2.47. The fourth-order valence-corrected chi connectivity index (χ4v) is 3.50. The maximum atomic E-state index is 12.3. The predicted octanol–water partition coefficient (Wildman–Crippen LogP) is 1.41. The number of aromatic nitrogens is 2. The molecular formula is C15H25N3O4S. The largest absolute Gasteiger partial charge is 0.469 e. The van der Waals surface area contributed by atoms with Gasteiger partial charge < -0.3 is 9.30 Å². The van der Waals surface area contributed by atoms with Crippen LogP contribution in [0.15, 0.2) is 17.6 Å². The van der Waals surface area contributed by atoms with E-state index in [1.807, 2.05) is 13.8 Å². The van der Waals surface area contributed by atoms with Crippen molar-refractivity contribution in [1.29, 1.82) is 0 Å². The Labute approximate surface area is 137 Å². The minimum Gasteiger partial charge on any atom is -0.469 e. The molecule has 0 radical (unpaired) electrons. The number of rotatable bonds is 9. The molecule has 130 valence electrons. The van der Waals surface area contributed by atoms with Crippen molar-refractivity contribution < 1.29 is 17.9 Å². The maximum Gasteiger partial charge on any atom is 0.309 e. The molecule has 1 aliphatic carbocycles. The molecule has 0 saturated heterocycles. The second-order valence-corrected chi connectivity index (χ2v) is 8.27. The SMILES string of the molecule is COC(=O)C(CNS(=O)(=O)c1cn(CC(C)C)cn1)CC1CC1. The lowest BCUT2D eigenvalue weighted by molar-refractivity contribution is -0.145. The van der Waals surface area contributed by atoms with E-state index in [9.17, 15) is 13.2 Å². The van der Waals surface area contributed by atoms with Gasteiger partial charge in [0.1, 0.15) is 0 Å². The number of hydrogen-bond acceptors (Lipinski definition) is 5. The van der Waals surface area contributed by atoms with E-state index in [1.165, 1.54) is 19.6 Å². The summed E-state index contributed by atoms with van der Waals surface area (Å²) >= 11 is 0. The zero-order valence-electron chi connectivity index (χ0n) is 13.9. The first-order chi connectivity index (χ1) is 10.8. The molecule has 1 N–H and O–H groups in total. The van der Waals surface area contributed by atoms with Crippen molar-refractivity contribution >= 4 is 16.0 Å². The second kappa shape index (κ2) is 7.44. The summed E-state index contributed by atoms with van der Waals surface area (Å²) in [7, 11) is -2.39. The van der Waals surface area contributed by atoms with Gasteiger partial charge in [0, 0.05) is 19.3 Å². The summed E-state index contributed by atoms with van der Waals surface area (Å²) in [5.41, 5.74) is 0. The van der Waals surface area contributed by atoms with Crippen molar-refractivity contribution in [3.8, 4) is 0 Å². The molecule has 1 aromatic heterocycles. The van der Waals surface area contributed by atoms with E-state index in [-0.39, 0.29) is 17.5 Å². The molecule has 0 amide bonds. The van der Waals surface area contributed by atoms with Crippen LogP contribution >= 0.6 is 0 Å². The molecule has 0 aliphatic heterocycles. The predicted molar refractivity (Wildman–Crippen MR) is 85.1 cm³/mol. The van der Waals surface area contributed by atoms with E-state index < -0.39 is 15.9 Å². The van der Waals surface area contributed by atoms with E-state index in [0.29, 0.717) is 24.8 Å². The highest BCUT2D eigenvalue weighted by molar-refractivity contribution is 7.89. The summed E-state index contributed by atoms with van der Waals surface area (Å²) in [6, 6.07) is 0. The Bertz CT molecular complexity index is 635. The average Bonchev–Trinajstić information content (AvgIpc) is 3.18. The molecule has 1 fully saturated rings. The highest BCUT2D eigenvalue weighted by Gasteiger charge is 2.31. The number of carbonyl (C=O) groups excluding carboxylic acids is 1. The third-order valence-electron chi connectivity index (χ3n) is 3.83. The van der Waals surface area contributed by atoms with Crippen molar-refractivity contribution in [2.75, 3.05) is 13.7 Å². The molecule has 8 heteroatoms. The number of esters is 1. The zero-order valence-corrected chi connectivity index (χ0v) is 14.7. The van der Waals surface area contributed by atoms with Crippen molar-refractivity contribution in [2.24, 2.45) is 17.8 Å². The molecule has 7 nitrogen and oxygen atoms in total. The molecule has 1 atom stereocenters. The molecule has 0 bridgehead atoms. The first-order valence-electron chi connectivity index (χ1n) is 7.91. The quantitative estimate of drug-likeness (QED) is 0.685. The van der Waals surface area contributed by atoms with Crippen molar-refractivity contribution in [3.63, 3.8) is 0 Å². The Morgan fingerprint density at radius 1 is 1.48 bits per heavy atom. The Kier molecular flexibility index (Phi) is 5.80. The molecule has 0 aromatic carbocycles. The zero-order chi connectivity index (χ0) is 17.0. The normalized spacial score (nSPS) is 16.5. The van der Waals surface area contributed by atoms with Gasteiger partial charge in [0.05, 0.1) is 19.4 Å². The average molecular weight is 343 g/mol. The molecule has 1 saturated carbocycles. The second-order valence-electron chi connectivity index (χ2n) is 6.55. The summed E-state index contributed by atoms with van der Waals surface area (Å²) < 4.78 is 33.6. The first kappa shape index (κ1) is 17.9. The lowest BCUT2D eigenvalue weighted by Crippen LogP contribution is -2.34. The number of ether oxygens (including phenoxy) is 1. The van der Waals surface area contributed by atoms with Crippen molar-refractivity contribution in [1.82, 2.24) is 14.3 Å². The topological polar surface area (TPSA) is 90.3 Å². The van der Waals surface area contributed by atoms with Crippen molar-refractivity contribution in [2.45, 2.75) is 44.7 Å². The number of sulfonamides is 1. The standard InChI is InChI=1S/C15H25N3O4S/c1-11(2)8-18-9-14(16-10-18)23(20,21)17-7-13(15(19)22-3)6-12-4-5-12/h9-13,17H,4-8H2,1-3H3. The van der Waals surface area contributed by atoms with Gasteiger partial charge in [0.2, 0.25) is 0 Å². The van der Waals surface area contributed by atoms with Crippen LogP contribution in [0.5, 0.6) is 0 Å². The van der Waals surface area contributed by atoms with Crippen LogP contribution < -0.4 is 4.72 Å². The Morgan fingerprint density at radius 2 is 2.17 bits per heavy atom. The Hall–Kier alpha value is -1.41. The number of imidazole rings is 1. The van der Waals surface area contributed by atoms with Crippen LogP contribution in [-0.2, 0) is 26.1 Å². The van der Waals surface area contributed by atoms with Crippen LogP contribution in [0.4, 0.5) is 0 Å². The Morgan fingerprint density at radius 3 is 2.74 bits per heavy atom. The van der Waals surface area contributed by atoms with E-state index in [4.69, 9.17) is 4.74 Å². The van der Waals surface area contributed by atoms with Crippen LogP contribution in [0.3, 0.4) is 0 Å². The van der Waals surface area contributed by atoms with E-state index in [1.54, 1.807) is 4.57 Å². The van der Waals surface area contributed by atoms with Gasteiger partial charge in [-0.25, -0.2) is 18.1 Å². The van der Waals surface area contributed by atoms with Gasteiger partial charge in [-0.2, -0.15) is 0 Å². The number of nitrogens with zero attached hydrogens (tertiary/aromatic N) is 2. The van der Waals surface area contributed by atoms with Gasteiger partial charge in [-0.05, 0) is 18.3 Å². The summed E-state index contributed by atoms with van der Waals surface area (Å²) in [5.74, 6) is 0.0915. The molecule has 23 heavy (non-hydrogen) atoms. The molecule has 2 rings (SSSR count). The number of methoxy groups -OCH3 is 1. The van der Waals surface area contributed by atoms with Gasteiger partial charge in [0.15, 0.2) is 5.03 Å². The lowest BCUT2D eigenvalue weighted by atomic mass is 10.0. The summed E-state index contributed by atoms with van der Waals surface area (Å²) in [6.45, 7) is 4.84. The number of nitrogens with one attached hydrogen (secondary N) is 1. The van der Waals surface area contributed by atoms with Gasteiger partial charge >= 0.3 is 5.97 Å². The van der Waals surface area contributed by atoms with Crippen LogP contribution in [0, 0.1) is 17.8 Å². The fraction of sp³-hybridized carbons (Fsp3) is 0.733. The first-order valence-corrected chi connectivity index (χ1v) is 9.39. The molecule has 1 heterocycles. The molecule has 1 aliphatic rings. The van der Waals surface area contributed by atoms with E-state index in [0.717, 1.165) is 12.8 Å². The Balaban J connectivity index is 1.98. The molecular weight excluding hydrogens is 318 g/mol. The third kappa shape index (κ3) is 5.31. The third-order valence-corrected chi connectivity index (χ3v) is 5.14. The van der Waals surface area contributed by atoms with Gasteiger partial charge in [0.25, 0.3) is 10.0 Å². The van der Waals surface area contributed by atoms with Gasteiger partial charge in [-0.1, -0.05) is 26.7 Å². The lowest BCUT2D eigenvalue weighted by Gasteiger charge is -2.14. The van der Waals surface area contributed by atoms with Crippen molar-refractivity contribution in [3.05, 3.63) is 12.5 Å². The maximum absolute atomic E-state index is 12.3. The monoisotopic (exact) mass is 343 g/mol. The highest BCUT2D eigenvalue weighted by Crippen LogP contribution is 2.35. The highest BCUT2D eigenvalue weighted by atomic mass is 32.2. The van der Waals surface area contributed by atoms with Gasteiger partial charge in [-0.3, -0.25) is 4.79 Å². The smallest absolute Gasteiger partial charge is 0.309 e. The van der Waals surface area contributed by atoms with Crippen LogP contribution in [-0.4, -0.2) is 37.6 Å². The number of carbonyl (C=O) groups is 1. The van der Waals surface area contributed by atoms with Gasteiger partial charge in [-0.15, -0.1) is 0 Å². The number of hydrogen-bond donors (Lipinski definition) is 1. The summed E-state index contributed by atoms with van der Waals surface area (Å²) in [5, 5.41) is -0.0202. The summed E-state index contributed by atoms with van der Waals surface area (Å²) in [4.78, 5) is 15.7. The molecule has 0 spiro atoms. The van der Waals surface area contributed by atoms with E-state index >= 15 is 0 Å². The minimum absolute atomic E-state index is 0.0202. The van der Waals surface area contributed by atoms with Crippen LogP contribution in [0.1, 0.15) is 33.1 Å². The summed E-state index contributed by atoms with van der Waals surface area (Å²) in [6.07, 6.45) is 5.88. The molecule has 1 aromatic rings. The van der Waals surface area contributed by atoms with E-state index in [2.05, 4.69) is 9.71 Å². The molecule has 1 unspecified atom stereocenters. The van der Waals surface area contributed by atoms with Crippen LogP contribution in [0.25, 0.3) is 0 Å². The van der Waals surface area contributed by atoms with Crippen LogP contribution in [0.2, 0.25) is 0 Å². The minimum atomic E-state index is -3.72.